The number of hydrogen-bond acceptors (Lipinski definition) is 6. The minimum absolute atomic E-state index is 0.473. The Hall–Kier alpha value is -3.13. The number of hydrogen-bond donors (Lipinski definition) is 2. The molecular formula is C25H23N5OS. The predicted octanol–water partition coefficient (Wildman–Crippen LogP) is 4.68. The maximum absolute atomic E-state index is 10.2. The Balaban J connectivity index is 1.52. The zero-order valence-corrected chi connectivity index (χ0v) is 18.7. The smallest absolute Gasteiger partial charge is 0.165 e. The van der Waals surface area contributed by atoms with Crippen LogP contribution in [0.3, 0.4) is 0 Å². The SMILES string of the molecule is Cc1cc2ncc3cc(-c4ccsc4)c(-c4ccc([C@]5(N)C[C@](C)(O)C5)cc4)nc3n2n1. The van der Waals surface area contributed by atoms with Crippen LogP contribution in [-0.4, -0.2) is 30.3 Å². The fourth-order valence-electron chi connectivity index (χ4n) is 4.98. The van der Waals surface area contributed by atoms with Crippen molar-refractivity contribution in [2.45, 2.75) is 37.8 Å². The standard InChI is InChI=1S/C25H23N5OS/c1-15-9-21-27-11-18-10-20(17-7-8-32-12-17)22(28-23(18)30(21)29-15)16-3-5-19(6-4-16)25(26)13-24(2,31)14-25/h3-12,31H,13-14,26H2,1-2H3/t24-,25-. The molecule has 160 valence electrons. The number of aryl methyl sites for hydroxylation is 1. The summed E-state index contributed by atoms with van der Waals surface area (Å²) in [5, 5.41) is 19.9. The maximum atomic E-state index is 10.2. The molecule has 1 aliphatic rings. The van der Waals surface area contributed by atoms with E-state index in [4.69, 9.17) is 10.7 Å². The van der Waals surface area contributed by atoms with Crippen molar-refractivity contribution in [2.75, 3.05) is 0 Å². The highest BCUT2D eigenvalue weighted by molar-refractivity contribution is 7.08. The number of benzene rings is 1. The van der Waals surface area contributed by atoms with Gasteiger partial charge >= 0.3 is 0 Å². The van der Waals surface area contributed by atoms with Crippen molar-refractivity contribution in [2.24, 2.45) is 5.73 Å². The molecule has 6 nitrogen and oxygen atoms in total. The van der Waals surface area contributed by atoms with Crippen molar-refractivity contribution in [1.82, 2.24) is 19.6 Å². The molecule has 0 spiro atoms. The van der Waals surface area contributed by atoms with E-state index in [0.717, 1.165) is 50.3 Å². The molecule has 0 atom stereocenters. The van der Waals surface area contributed by atoms with Crippen molar-refractivity contribution >= 4 is 28.0 Å². The first kappa shape index (κ1) is 19.5. The molecule has 0 aliphatic heterocycles. The Morgan fingerprint density at radius 1 is 1.09 bits per heavy atom. The van der Waals surface area contributed by atoms with E-state index in [9.17, 15) is 5.11 Å². The second-order valence-electron chi connectivity index (χ2n) is 9.21. The Bertz CT molecular complexity index is 1460. The number of pyridine rings is 1. The summed E-state index contributed by atoms with van der Waals surface area (Å²) < 4.78 is 1.81. The Kier molecular flexibility index (Phi) is 4.08. The lowest BCUT2D eigenvalue weighted by atomic mass is 9.63. The Morgan fingerprint density at radius 2 is 1.88 bits per heavy atom. The molecule has 1 fully saturated rings. The Labute approximate surface area is 189 Å². The highest BCUT2D eigenvalue weighted by Gasteiger charge is 2.49. The molecule has 6 rings (SSSR count). The topological polar surface area (TPSA) is 89.3 Å². The summed E-state index contributed by atoms with van der Waals surface area (Å²) in [7, 11) is 0. The second-order valence-corrected chi connectivity index (χ2v) is 9.99. The van der Waals surface area contributed by atoms with Crippen LogP contribution >= 0.6 is 11.3 Å². The van der Waals surface area contributed by atoms with Gasteiger partial charge < -0.3 is 10.8 Å². The maximum Gasteiger partial charge on any atom is 0.165 e. The quantitative estimate of drug-likeness (QED) is 0.424. The van der Waals surface area contributed by atoms with Gasteiger partial charge in [0, 0.05) is 34.3 Å². The fourth-order valence-corrected chi connectivity index (χ4v) is 5.64. The third-order valence-electron chi connectivity index (χ3n) is 6.34. The molecule has 1 aromatic carbocycles. The fraction of sp³-hybridized carbons (Fsp3) is 0.240. The molecule has 7 heteroatoms. The van der Waals surface area contributed by atoms with E-state index in [-0.39, 0.29) is 0 Å². The van der Waals surface area contributed by atoms with E-state index in [1.54, 1.807) is 11.3 Å². The molecule has 0 saturated heterocycles. The van der Waals surface area contributed by atoms with Gasteiger partial charge in [0.15, 0.2) is 11.3 Å². The summed E-state index contributed by atoms with van der Waals surface area (Å²) in [4.78, 5) is 9.64. The van der Waals surface area contributed by atoms with Gasteiger partial charge in [-0.2, -0.15) is 21.0 Å². The van der Waals surface area contributed by atoms with Crippen molar-refractivity contribution in [1.29, 1.82) is 0 Å². The van der Waals surface area contributed by atoms with Crippen LogP contribution in [0.25, 0.3) is 39.1 Å². The van der Waals surface area contributed by atoms with Gasteiger partial charge in [0.2, 0.25) is 0 Å². The third-order valence-corrected chi connectivity index (χ3v) is 7.02. The van der Waals surface area contributed by atoms with Gasteiger partial charge in [0.05, 0.1) is 17.0 Å². The van der Waals surface area contributed by atoms with Gasteiger partial charge in [-0.25, -0.2) is 9.97 Å². The molecule has 3 N–H and O–H groups in total. The first-order chi connectivity index (χ1) is 15.3. The van der Waals surface area contributed by atoms with Crippen molar-refractivity contribution in [3.8, 4) is 22.4 Å². The molecule has 0 amide bonds. The number of fused-ring (bicyclic) bond motifs is 3. The summed E-state index contributed by atoms with van der Waals surface area (Å²) in [6.07, 6.45) is 3.00. The van der Waals surface area contributed by atoms with Gasteiger partial charge in [0.25, 0.3) is 0 Å². The van der Waals surface area contributed by atoms with Gasteiger partial charge in [-0.1, -0.05) is 24.3 Å². The van der Waals surface area contributed by atoms with Crippen LogP contribution in [0.15, 0.2) is 59.4 Å². The summed E-state index contributed by atoms with van der Waals surface area (Å²) in [6.45, 7) is 3.80. The van der Waals surface area contributed by atoms with E-state index in [2.05, 4.69) is 57.2 Å². The highest BCUT2D eigenvalue weighted by atomic mass is 32.1. The summed E-state index contributed by atoms with van der Waals surface area (Å²) in [5.41, 5.74) is 13.0. The molecule has 5 aromatic rings. The summed E-state index contributed by atoms with van der Waals surface area (Å²) in [6, 6.07) is 14.5. The van der Waals surface area contributed by atoms with Gasteiger partial charge in [-0.15, -0.1) is 0 Å². The lowest BCUT2D eigenvalue weighted by molar-refractivity contribution is -0.0738. The minimum Gasteiger partial charge on any atom is -0.390 e. The minimum atomic E-state index is -0.680. The van der Waals surface area contributed by atoms with Crippen LogP contribution in [0, 0.1) is 6.92 Å². The van der Waals surface area contributed by atoms with E-state index < -0.39 is 11.1 Å². The van der Waals surface area contributed by atoms with E-state index in [1.165, 1.54) is 0 Å². The molecule has 4 aromatic heterocycles. The van der Waals surface area contributed by atoms with Crippen molar-refractivity contribution < 1.29 is 5.11 Å². The molecule has 0 bridgehead atoms. The molecule has 1 saturated carbocycles. The molecule has 0 unspecified atom stereocenters. The zero-order valence-electron chi connectivity index (χ0n) is 17.9. The third kappa shape index (κ3) is 3.04. The number of aromatic nitrogens is 4. The van der Waals surface area contributed by atoms with Gasteiger partial charge in [-0.3, -0.25) is 0 Å². The predicted molar refractivity (Wildman–Crippen MR) is 127 cm³/mol. The van der Waals surface area contributed by atoms with Crippen LogP contribution in [0.1, 0.15) is 31.0 Å². The number of aliphatic hydroxyl groups is 1. The molecule has 4 heterocycles. The second kappa shape index (κ2) is 6.68. The molecule has 0 radical (unpaired) electrons. The first-order valence-electron chi connectivity index (χ1n) is 10.6. The first-order valence-corrected chi connectivity index (χ1v) is 11.6. The van der Waals surface area contributed by atoms with Crippen LogP contribution < -0.4 is 5.73 Å². The zero-order chi connectivity index (χ0) is 22.1. The van der Waals surface area contributed by atoms with Gasteiger partial charge in [0.1, 0.15) is 0 Å². The van der Waals surface area contributed by atoms with E-state index >= 15 is 0 Å². The lowest BCUT2D eigenvalue weighted by Gasteiger charge is -2.49. The lowest BCUT2D eigenvalue weighted by Crippen LogP contribution is -2.58. The monoisotopic (exact) mass is 441 g/mol. The van der Waals surface area contributed by atoms with Crippen molar-refractivity contribution in [3.05, 3.63) is 70.7 Å². The summed E-state index contributed by atoms with van der Waals surface area (Å²) in [5.74, 6) is 0. The number of nitrogens with zero attached hydrogens (tertiary/aromatic N) is 4. The summed E-state index contributed by atoms with van der Waals surface area (Å²) >= 11 is 1.66. The van der Waals surface area contributed by atoms with E-state index in [1.807, 2.05) is 30.6 Å². The largest absolute Gasteiger partial charge is 0.390 e. The number of rotatable bonds is 3. The van der Waals surface area contributed by atoms with Crippen LogP contribution in [-0.2, 0) is 5.54 Å². The van der Waals surface area contributed by atoms with Crippen LogP contribution in [0.4, 0.5) is 0 Å². The van der Waals surface area contributed by atoms with Crippen LogP contribution in [0.5, 0.6) is 0 Å². The number of thiophene rings is 1. The van der Waals surface area contributed by atoms with Crippen molar-refractivity contribution in [3.63, 3.8) is 0 Å². The van der Waals surface area contributed by atoms with Crippen LogP contribution in [0.2, 0.25) is 0 Å². The average Bonchev–Trinajstić information content (AvgIpc) is 3.40. The van der Waals surface area contributed by atoms with Gasteiger partial charge in [-0.05, 0) is 60.7 Å². The van der Waals surface area contributed by atoms with E-state index in [0.29, 0.717) is 12.8 Å². The molecular weight excluding hydrogens is 418 g/mol. The molecule has 1 aliphatic carbocycles. The Morgan fingerprint density at radius 3 is 2.56 bits per heavy atom. The average molecular weight is 442 g/mol. The highest BCUT2D eigenvalue weighted by Crippen LogP contribution is 2.46. The normalized spacial score (nSPS) is 23.0. The number of nitrogens with two attached hydrogens (primary N) is 1. The molecule has 32 heavy (non-hydrogen) atoms.